The third-order valence-electron chi connectivity index (χ3n) is 24.4. The lowest BCUT2D eigenvalue weighted by Crippen LogP contribution is -2.29. The fourth-order valence-electron chi connectivity index (χ4n) is 17.6. The maximum absolute atomic E-state index is 11.6. The zero-order chi connectivity index (χ0) is 102. The Kier molecular flexibility index (Phi) is 35.1. The third kappa shape index (κ3) is 28.9. The standard InChI is InChI=1S/C20H23N3O2.C19H21N3O2.C19H19N3O2.C19H21N3O2.C18H19N3O2.C18H17N3O2/c1-14(24)22-18-9-10-19-17(12-18)4-3-11-23(19)13-15-5-7-16(8-6-15)20(25)21-2;2*1-13(23)21-17-7-8-18-16(11-17)9-10-22(18)12-14-3-5-15(6-4-14)19(24)20-2;1-13(23)21-17-8-9-18-16(11-17)3-2-10-22(18)12-14-4-6-15(7-5-14)19(20)24;2*1-12(22)20-16-6-7-17-15(10-16)8-9-21(17)11-13-2-4-14(5-3-13)18(19)23/h5-10,12H,3-4,11,13H2,1-2H3,(H,21,25)(H,22,24);3-8,11H,9-10,12H2,1-2H3,(H,20,24)(H,21,23);3-11H,12H2,1-2H3,(H,20,24)(H,21,23);4-9,11H,2-3,10,12H2,1H3,(H2,20,24)(H,21,23);2-7,10H,8-9,11H2,1H3,(H2,19,23)(H,20,22);2-10H,11H2,1H3,(H2,19,23)(H,20,22). The minimum absolute atomic E-state index is 0.0520. The molecule has 15 N–H and O–H groups in total. The molecule has 2 aromatic heterocycles. The van der Waals surface area contributed by atoms with Crippen LogP contribution in [0.2, 0.25) is 0 Å². The van der Waals surface area contributed by atoms with Crippen LogP contribution in [-0.2, 0) is 93.7 Å². The number of anilines is 10. The van der Waals surface area contributed by atoms with Crippen molar-refractivity contribution in [1.82, 2.24) is 25.1 Å². The lowest BCUT2D eigenvalue weighted by atomic mass is 10.00. The van der Waals surface area contributed by atoms with E-state index in [1.165, 1.54) is 97.7 Å². The molecule has 0 saturated heterocycles. The molecule has 14 aromatic rings. The van der Waals surface area contributed by atoms with Crippen LogP contribution >= 0.6 is 0 Å². The van der Waals surface area contributed by atoms with E-state index in [0.717, 1.165) is 176 Å². The van der Waals surface area contributed by atoms with Crippen molar-refractivity contribution in [1.29, 1.82) is 0 Å². The Morgan fingerprint density at radius 3 is 0.699 bits per heavy atom. The first-order chi connectivity index (χ1) is 68.8. The second-order valence-corrected chi connectivity index (χ2v) is 35.3. The molecule has 0 spiro atoms. The summed E-state index contributed by atoms with van der Waals surface area (Å²) in [5, 5.41) is 26.9. The molecule has 0 aliphatic carbocycles. The molecular formula is C113H120N18O12. The Morgan fingerprint density at radius 1 is 0.245 bits per heavy atom. The number of nitrogens with zero attached hydrogens (tertiary/aromatic N) is 6. The molecule has 0 atom stereocenters. The van der Waals surface area contributed by atoms with Crippen molar-refractivity contribution in [2.75, 3.05) is 98.8 Å². The number of aryl methyl sites for hydroxylation is 2. The number of rotatable bonds is 24. The van der Waals surface area contributed by atoms with Gasteiger partial charge in [-0.05, 0) is 288 Å². The smallest absolute Gasteiger partial charge is 0.251 e. The number of fused-ring (bicyclic) bond motifs is 6. The Hall–Kier alpha value is -17.4. The van der Waals surface area contributed by atoms with Gasteiger partial charge in [0.2, 0.25) is 53.2 Å². The van der Waals surface area contributed by atoms with Gasteiger partial charge < -0.3 is 93.8 Å². The molecule has 18 rings (SSSR count). The second-order valence-electron chi connectivity index (χ2n) is 35.3. The van der Waals surface area contributed by atoms with Gasteiger partial charge >= 0.3 is 0 Å². The van der Waals surface area contributed by atoms with Crippen LogP contribution in [0.3, 0.4) is 0 Å². The van der Waals surface area contributed by atoms with Crippen LogP contribution in [0.5, 0.6) is 0 Å². The minimum atomic E-state index is -0.423. The van der Waals surface area contributed by atoms with Gasteiger partial charge in [0.05, 0.1) is 0 Å². The molecule has 0 unspecified atom stereocenters. The SMILES string of the molecule is CC(=O)Nc1ccc2c(c1)CCCN2Cc1ccc(C(N)=O)cc1.CC(=O)Nc1ccc2c(c1)CCN2Cc1ccc(C(N)=O)cc1.CC(=O)Nc1ccc2c(ccn2Cc2ccc(C(N)=O)cc2)c1.CNC(=O)c1ccc(CN2CCCc3cc(NC(C)=O)ccc32)cc1.CNC(=O)c1ccc(CN2CCc3cc(NC(C)=O)ccc32)cc1.CNC(=O)c1ccc(Cn2ccc3cc(NC(C)=O)ccc32)cc1. The molecule has 0 bridgehead atoms. The summed E-state index contributed by atoms with van der Waals surface area (Å²) in [6.45, 7) is 17.5. The number of hydrogen-bond acceptors (Lipinski definition) is 16. The zero-order valence-electron chi connectivity index (χ0n) is 81.7. The number of primary amides is 3. The van der Waals surface area contributed by atoms with E-state index in [0.29, 0.717) is 39.9 Å². The van der Waals surface area contributed by atoms with Crippen molar-refractivity contribution in [2.45, 2.75) is 119 Å². The van der Waals surface area contributed by atoms with Crippen LogP contribution in [0.1, 0.15) is 172 Å². The highest BCUT2D eigenvalue weighted by Crippen LogP contribution is 2.37. The van der Waals surface area contributed by atoms with E-state index in [2.05, 4.69) is 107 Å². The summed E-state index contributed by atoms with van der Waals surface area (Å²) in [6.07, 6.45) is 10.2. The number of nitrogens with two attached hydrogens (primary N) is 3. The molecule has 0 saturated carbocycles. The Morgan fingerprint density at radius 2 is 0.462 bits per heavy atom. The van der Waals surface area contributed by atoms with Crippen LogP contribution in [0.25, 0.3) is 21.8 Å². The summed E-state index contributed by atoms with van der Waals surface area (Å²) in [4.78, 5) is 144. The summed E-state index contributed by atoms with van der Waals surface area (Å²) in [5.41, 5.74) is 43.1. The third-order valence-corrected chi connectivity index (χ3v) is 24.4. The van der Waals surface area contributed by atoms with E-state index >= 15 is 0 Å². The lowest BCUT2D eigenvalue weighted by molar-refractivity contribution is -0.115. The first-order valence-corrected chi connectivity index (χ1v) is 47.2. The molecule has 12 aromatic carbocycles. The Labute approximate surface area is 831 Å². The van der Waals surface area contributed by atoms with E-state index in [1.807, 2.05) is 213 Å². The molecule has 734 valence electrons. The highest BCUT2D eigenvalue weighted by Gasteiger charge is 2.25. The highest BCUT2D eigenvalue weighted by atomic mass is 16.2. The first-order valence-electron chi connectivity index (χ1n) is 47.2. The maximum atomic E-state index is 11.6. The highest BCUT2D eigenvalue weighted by molar-refractivity contribution is 5.99. The van der Waals surface area contributed by atoms with Crippen molar-refractivity contribution in [3.63, 3.8) is 0 Å². The average Bonchev–Trinajstić information content (AvgIpc) is 1.80. The van der Waals surface area contributed by atoms with Gasteiger partial charge in [0.25, 0.3) is 17.7 Å². The molecule has 12 amide bonds. The van der Waals surface area contributed by atoms with Gasteiger partial charge in [-0.25, -0.2) is 0 Å². The van der Waals surface area contributed by atoms with Crippen molar-refractivity contribution in [3.05, 3.63) is 368 Å². The predicted molar refractivity (Wildman–Crippen MR) is 566 cm³/mol. The number of aromatic nitrogens is 2. The molecule has 30 nitrogen and oxygen atoms in total. The van der Waals surface area contributed by atoms with Crippen LogP contribution in [0.4, 0.5) is 56.9 Å². The largest absolute Gasteiger partial charge is 0.367 e. The van der Waals surface area contributed by atoms with Crippen molar-refractivity contribution in [2.24, 2.45) is 17.2 Å². The average molecular weight is 1920 g/mol. The Balaban J connectivity index is 0.000000144. The van der Waals surface area contributed by atoms with Crippen LogP contribution < -0.4 is 84.7 Å². The molecular weight excluding hydrogens is 1800 g/mol. The normalized spacial score (nSPS) is 12.2. The van der Waals surface area contributed by atoms with Crippen LogP contribution in [-0.4, -0.2) is 127 Å². The fourth-order valence-corrected chi connectivity index (χ4v) is 17.6. The minimum Gasteiger partial charge on any atom is -0.367 e. The summed E-state index contributed by atoms with van der Waals surface area (Å²) in [7, 11) is 4.89. The predicted octanol–water partition coefficient (Wildman–Crippen LogP) is 16.3. The first kappa shape index (κ1) is 103. The molecule has 0 fully saturated rings. The Bertz CT molecular complexity index is 7000. The van der Waals surface area contributed by atoms with E-state index < -0.39 is 17.7 Å². The van der Waals surface area contributed by atoms with Gasteiger partial charge in [0, 0.05) is 253 Å². The number of hydrogen-bond donors (Lipinski definition) is 12. The quantitative estimate of drug-likeness (QED) is 0.0267. The number of nitrogens with one attached hydrogen (secondary N) is 9. The van der Waals surface area contributed by atoms with E-state index in [-0.39, 0.29) is 53.2 Å². The topological polar surface area (TPSA) is 414 Å². The van der Waals surface area contributed by atoms with Crippen molar-refractivity contribution < 1.29 is 57.5 Å². The molecule has 0 radical (unpaired) electrons. The maximum Gasteiger partial charge on any atom is 0.251 e. The van der Waals surface area contributed by atoms with E-state index in [9.17, 15) is 57.5 Å². The van der Waals surface area contributed by atoms with Crippen LogP contribution in [0.15, 0.2) is 279 Å². The van der Waals surface area contributed by atoms with Gasteiger partial charge in [-0.2, -0.15) is 0 Å². The number of carbonyl (C=O) groups is 12. The van der Waals surface area contributed by atoms with Crippen LogP contribution in [0, 0.1) is 0 Å². The number of carbonyl (C=O) groups excluding carboxylic acids is 12. The number of benzene rings is 12. The lowest BCUT2D eigenvalue weighted by Gasteiger charge is -2.32. The van der Waals surface area contributed by atoms with E-state index in [4.69, 9.17) is 17.2 Å². The monoisotopic (exact) mass is 1920 g/mol. The summed E-state index contributed by atoms with van der Waals surface area (Å²) in [6, 6.07) is 85.0. The van der Waals surface area contributed by atoms with Gasteiger partial charge in [0.15, 0.2) is 0 Å². The molecule has 6 heterocycles. The summed E-state index contributed by atoms with van der Waals surface area (Å²) < 4.78 is 4.26. The van der Waals surface area contributed by atoms with Gasteiger partial charge in [-0.3, -0.25) is 57.5 Å². The second kappa shape index (κ2) is 48.7. The molecule has 4 aliphatic heterocycles. The fraction of sp³-hybridized carbons (Fsp3) is 0.221. The molecule has 143 heavy (non-hydrogen) atoms. The summed E-state index contributed by atoms with van der Waals surface area (Å²) >= 11 is 0. The summed E-state index contributed by atoms with van der Waals surface area (Å²) in [5.74, 6) is -1.85. The number of amides is 12. The molecule has 30 heteroatoms. The molecule has 4 aliphatic rings. The van der Waals surface area contributed by atoms with Gasteiger partial charge in [-0.15, -0.1) is 0 Å². The van der Waals surface area contributed by atoms with Gasteiger partial charge in [0.1, 0.15) is 0 Å². The van der Waals surface area contributed by atoms with E-state index in [1.54, 1.807) is 57.5 Å². The van der Waals surface area contributed by atoms with Gasteiger partial charge in [-0.1, -0.05) is 72.8 Å². The van der Waals surface area contributed by atoms with Crippen molar-refractivity contribution >= 4 is 150 Å². The zero-order valence-corrected chi connectivity index (χ0v) is 81.7. The van der Waals surface area contributed by atoms with Crippen molar-refractivity contribution in [3.8, 4) is 0 Å².